The number of rotatable bonds is 7. The van der Waals surface area contributed by atoms with Crippen LogP contribution in [0.3, 0.4) is 0 Å². The van der Waals surface area contributed by atoms with Gasteiger partial charge in [0, 0.05) is 28.5 Å². The van der Waals surface area contributed by atoms with Gasteiger partial charge in [-0.3, -0.25) is 14.3 Å². The lowest BCUT2D eigenvalue weighted by atomic mass is 10.1. The SMILES string of the molecule is Cc1cc(NC(=O)c2ccc(NS(=O)(=O)C(C)C)cc2)cc(C(=O)NC(C)C)c1. The summed E-state index contributed by atoms with van der Waals surface area (Å²) in [6.07, 6.45) is 0. The zero-order valence-electron chi connectivity index (χ0n) is 17.2. The van der Waals surface area contributed by atoms with E-state index >= 15 is 0 Å². The molecule has 0 radical (unpaired) electrons. The number of carbonyl (C=O) groups is 2. The molecule has 8 heteroatoms. The summed E-state index contributed by atoms with van der Waals surface area (Å²) in [4.78, 5) is 24.8. The standard InChI is InChI=1S/C21H27N3O4S/c1-13(2)22-21(26)17-10-15(5)11-19(12-17)23-20(25)16-6-8-18(9-7-16)24-29(27,28)14(3)4/h6-14,24H,1-5H3,(H,22,26)(H,23,25). The van der Waals surface area contributed by atoms with Gasteiger partial charge in [-0.2, -0.15) is 0 Å². The number of aryl methyl sites for hydroxylation is 1. The first-order valence-corrected chi connectivity index (χ1v) is 10.9. The summed E-state index contributed by atoms with van der Waals surface area (Å²) in [7, 11) is -3.45. The Kier molecular flexibility index (Phi) is 7.02. The van der Waals surface area contributed by atoms with E-state index in [0.29, 0.717) is 22.5 Å². The van der Waals surface area contributed by atoms with Crippen LogP contribution in [0.2, 0.25) is 0 Å². The third-order valence-corrected chi connectivity index (χ3v) is 5.81. The zero-order valence-corrected chi connectivity index (χ0v) is 18.1. The lowest BCUT2D eigenvalue weighted by molar-refractivity contribution is 0.0941. The molecule has 0 aromatic heterocycles. The van der Waals surface area contributed by atoms with Gasteiger partial charge in [0.1, 0.15) is 0 Å². The van der Waals surface area contributed by atoms with E-state index in [1.165, 1.54) is 24.3 Å². The van der Waals surface area contributed by atoms with Gasteiger partial charge in [0.2, 0.25) is 10.0 Å². The molecule has 0 atom stereocenters. The first-order valence-electron chi connectivity index (χ1n) is 9.33. The maximum absolute atomic E-state index is 12.5. The van der Waals surface area contributed by atoms with Crippen molar-refractivity contribution in [1.29, 1.82) is 0 Å². The second kappa shape index (κ2) is 9.09. The van der Waals surface area contributed by atoms with Crippen LogP contribution in [0.15, 0.2) is 42.5 Å². The van der Waals surface area contributed by atoms with Gasteiger partial charge < -0.3 is 10.6 Å². The summed E-state index contributed by atoms with van der Waals surface area (Å²) in [6.45, 7) is 8.77. The van der Waals surface area contributed by atoms with Crippen molar-refractivity contribution in [2.45, 2.75) is 45.9 Å². The van der Waals surface area contributed by atoms with Crippen LogP contribution in [0.4, 0.5) is 11.4 Å². The van der Waals surface area contributed by atoms with E-state index in [1.54, 1.807) is 32.0 Å². The van der Waals surface area contributed by atoms with Crippen molar-refractivity contribution in [2.24, 2.45) is 0 Å². The Morgan fingerprint density at radius 3 is 2.00 bits per heavy atom. The molecule has 29 heavy (non-hydrogen) atoms. The van der Waals surface area contributed by atoms with E-state index in [9.17, 15) is 18.0 Å². The topological polar surface area (TPSA) is 104 Å². The number of amides is 2. The Morgan fingerprint density at radius 2 is 1.45 bits per heavy atom. The fraction of sp³-hybridized carbons (Fsp3) is 0.333. The van der Waals surface area contributed by atoms with E-state index in [4.69, 9.17) is 0 Å². The molecule has 0 bridgehead atoms. The van der Waals surface area contributed by atoms with Crippen LogP contribution in [0.5, 0.6) is 0 Å². The molecule has 0 aliphatic carbocycles. The third kappa shape index (κ3) is 6.32. The maximum atomic E-state index is 12.5. The minimum atomic E-state index is -3.45. The van der Waals surface area contributed by atoms with Crippen molar-refractivity contribution in [3.05, 3.63) is 59.2 Å². The molecule has 0 saturated carbocycles. The minimum Gasteiger partial charge on any atom is -0.350 e. The predicted octanol–water partition coefficient (Wildman–Crippen LogP) is 3.54. The number of carbonyl (C=O) groups excluding carboxylic acids is 2. The van der Waals surface area contributed by atoms with Gasteiger partial charge >= 0.3 is 0 Å². The van der Waals surface area contributed by atoms with Crippen molar-refractivity contribution in [2.75, 3.05) is 10.0 Å². The highest BCUT2D eigenvalue weighted by Crippen LogP contribution is 2.18. The second-order valence-electron chi connectivity index (χ2n) is 7.44. The van der Waals surface area contributed by atoms with Crippen LogP contribution < -0.4 is 15.4 Å². The molecule has 2 aromatic carbocycles. The molecule has 0 heterocycles. The van der Waals surface area contributed by atoms with Gasteiger partial charge in [0.05, 0.1) is 5.25 Å². The number of hydrogen-bond donors (Lipinski definition) is 3. The second-order valence-corrected chi connectivity index (χ2v) is 9.68. The van der Waals surface area contributed by atoms with Crippen LogP contribution in [0.1, 0.15) is 54.0 Å². The van der Waals surface area contributed by atoms with E-state index in [2.05, 4.69) is 15.4 Å². The lowest BCUT2D eigenvalue weighted by Crippen LogP contribution is -2.30. The smallest absolute Gasteiger partial charge is 0.255 e. The quantitative estimate of drug-likeness (QED) is 0.641. The maximum Gasteiger partial charge on any atom is 0.255 e. The molecule has 3 N–H and O–H groups in total. The van der Waals surface area contributed by atoms with Gasteiger partial charge in [0.25, 0.3) is 11.8 Å². The zero-order chi connectivity index (χ0) is 21.8. The van der Waals surface area contributed by atoms with E-state index < -0.39 is 15.3 Å². The monoisotopic (exact) mass is 417 g/mol. The molecule has 7 nitrogen and oxygen atoms in total. The van der Waals surface area contributed by atoms with Gasteiger partial charge in [-0.25, -0.2) is 8.42 Å². The van der Waals surface area contributed by atoms with Gasteiger partial charge in [-0.1, -0.05) is 0 Å². The number of benzene rings is 2. The first kappa shape index (κ1) is 22.4. The summed E-state index contributed by atoms with van der Waals surface area (Å²) < 4.78 is 26.3. The molecule has 2 amide bonds. The van der Waals surface area contributed by atoms with Crippen molar-refractivity contribution in [1.82, 2.24) is 5.32 Å². The van der Waals surface area contributed by atoms with Gasteiger partial charge in [0.15, 0.2) is 0 Å². The fourth-order valence-corrected chi connectivity index (χ4v) is 3.21. The van der Waals surface area contributed by atoms with Gasteiger partial charge in [-0.05, 0) is 82.6 Å². The molecule has 156 valence electrons. The lowest BCUT2D eigenvalue weighted by Gasteiger charge is -2.12. The molecular formula is C21H27N3O4S. The van der Waals surface area contributed by atoms with Crippen LogP contribution >= 0.6 is 0 Å². The number of anilines is 2. The first-order chi connectivity index (χ1) is 13.5. The molecule has 0 fully saturated rings. The predicted molar refractivity (Wildman–Crippen MR) is 116 cm³/mol. The largest absolute Gasteiger partial charge is 0.350 e. The summed E-state index contributed by atoms with van der Waals surface area (Å²) in [5, 5.41) is 5.04. The summed E-state index contributed by atoms with van der Waals surface area (Å²) >= 11 is 0. The number of sulfonamides is 1. The van der Waals surface area contributed by atoms with Crippen molar-refractivity contribution in [3.8, 4) is 0 Å². The Hall–Kier alpha value is -2.87. The van der Waals surface area contributed by atoms with Crippen LogP contribution in [0.25, 0.3) is 0 Å². The summed E-state index contributed by atoms with van der Waals surface area (Å²) in [5.74, 6) is -0.565. The molecule has 0 saturated heterocycles. The normalized spacial score (nSPS) is 11.4. The fourth-order valence-electron chi connectivity index (χ4n) is 2.51. The number of hydrogen-bond acceptors (Lipinski definition) is 4. The van der Waals surface area contributed by atoms with E-state index in [1.807, 2.05) is 20.8 Å². The molecule has 0 spiro atoms. The minimum absolute atomic E-state index is 0.00712. The molecule has 2 aromatic rings. The highest BCUT2D eigenvalue weighted by molar-refractivity contribution is 7.93. The summed E-state index contributed by atoms with van der Waals surface area (Å²) in [5.41, 5.74) is 2.57. The van der Waals surface area contributed by atoms with Crippen LogP contribution in [-0.2, 0) is 10.0 Å². The van der Waals surface area contributed by atoms with E-state index in [0.717, 1.165) is 5.56 Å². The Morgan fingerprint density at radius 1 is 0.828 bits per heavy atom. The van der Waals surface area contributed by atoms with Crippen molar-refractivity contribution in [3.63, 3.8) is 0 Å². The highest BCUT2D eigenvalue weighted by Gasteiger charge is 2.16. The van der Waals surface area contributed by atoms with Crippen molar-refractivity contribution >= 4 is 33.2 Å². The van der Waals surface area contributed by atoms with Crippen LogP contribution in [0, 0.1) is 6.92 Å². The average Bonchev–Trinajstić information content (AvgIpc) is 2.60. The highest BCUT2D eigenvalue weighted by atomic mass is 32.2. The third-order valence-electron chi connectivity index (χ3n) is 4.04. The van der Waals surface area contributed by atoms with Gasteiger partial charge in [-0.15, -0.1) is 0 Å². The van der Waals surface area contributed by atoms with Crippen molar-refractivity contribution < 1.29 is 18.0 Å². The summed E-state index contributed by atoms with van der Waals surface area (Å²) in [6, 6.07) is 11.3. The molecule has 0 aliphatic heterocycles. The Balaban J connectivity index is 2.14. The molecule has 0 unspecified atom stereocenters. The molecule has 2 rings (SSSR count). The Labute approximate surface area is 172 Å². The average molecular weight is 418 g/mol. The number of nitrogens with one attached hydrogen (secondary N) is 3. The van der Waals surface area contributed by atoms with Crippen LogP contribution in [-0.4, -0.2) is 31.5 Å². The molecular weight excluding hydrogens is 390 g/mol. The Bertz CT molecular complexity index is 997. The molecule has 0 aliphatic rings. The van der Waals surface area contributed by atoms with E-state index in [-0.39, 0.29) is 17.9 Å².